The van der Waals surface area contributed by atoms with E-state index in [0.29, 0.717) is 4.47 Å². The molecule has 12 heteroatoms. The van der Waals surface area contributed by atoms with Crippen molar-refractivity contribution < 1.29 is 31.1 Å². The second kappa shape index (κ2) is 9.96. The van der Waals surface area contributed by atoms with E-state index in [1.165, 1.54) is 41.7 Å². The van der Waals surface area contributed by atoms with Crippen LogP contribution in [-0.4, -0.2) is 69.4 Å². The molecule has 0 amide bonds. The number of rotatable bonds is 6. The number of ether oxygens (including phenoxy) is 1. The molecule has 3 atom stereocenters. The molecule has 2 aromatic rings. The van der Waals surface area contributed by atoms with Gasteiger partial charge in [0.2, 0.25) is 20.0 Å². The molecule has 8 nitrogen and oxygen atoms in total. The van der Waals surface area contributed by atoms with E-state index in [4.69, 9.17) is 4.74 Å². The number of benzene rings is 2. The third-order valence-electron chi connectivity index (χ3n) is 5.59. The van der Waals surface area contributed by atoms with Crippen LogP contribution in [0.4, 0.5) is 4.39 Å². The normalized spacial score (nSPS) is 22.2. The molecule has 182 valence electrons. The van der Waals surface area contributed by atoms with Crippen LogP contribution in [0.5, 0.6) is 5.75 Å². The number of hydrogen-bond acceptors (Lipinski definition) is 6. The maximum atomic E-state index is 14.2. The minimum atomic E-state index is -4.16. The Labute approximate surface area is 202 Å². The average molecular weight is 565 g/mol. The van der Waals surface area contributed by atoms with Gasteiger partial charge in [-0.3, -0.25) is 0 Å². The Balaban J connectivity index is 2.02. The van der Waals surface area contributed by atoms with Crippen LogP contribution >= 0.6 is 15.9 Å². The fourth-order valence-electron chi connectivity index (χ4n) is 3.59. The van der Waals surface area contributed by atoms with Crippen LogP contribution in [-0.2, 0) is 20.0 Å². The Hall–Kier alpha value is -1.57. The van der Waals surface area contributed by atoms with Gasteiger partial charge >= 0.3 is 0 Å². The first-order valence-electron chi connectivity index (χ1n) is 10.2. The molecule has 3 rings (SSSR count). The lowest BCUT2D eigenvalue weighted by molar-refractivity contribution is 0.0903. The van der Waals surface area contributed by atoms with Gasteiger partial charge in [0.1, 0.15) is 27.5 Å². The zero-order valence-corrected chi connectivity index (χ0v) is 21.6. The molecule has 0 aliphatic carbocycles. The van der Waals surface area contributed by atoms with Gasteiger partial charge in [-0.15, -0.1) is 0 Å². The third kappa shape index (κ3) is 5.25. The summed E-state index contributed by atoms with van der Waals surface area (Å²) >= 11 is 3.31. The highest BCUT2D eigenvalue weighted by molar-refractivity contribution is 9.10. The summed E-state index contributed by atoms with van der Waals surface area (Å²) in [5.74, 6) is -1.26. The Morgan fingerprint density at radius 1 is 1.30 bits per heavy atom. The van der Waals surface area contributed by atoms with E-state index >= 15 is 0 Å². The molecule has 0 radical (unpaired) electrons. The molecule has 0 saturated carbocycles. The number of halogens is 2. The highest BCUT2D eigenvalue weighted by atomic mass is 79.9. The first-order chi connectivity index (χ1) is 15.4. The van der Waals surface area contributed by atoms with Crippen molar-refractivity contribution in [3.63, 3.8) is 0 Å². The van der Waals surface area contributed by atoms with E-state index in [2.05, 4.69) is 15.9 Å². The summed E-state index contributed by atoms with van der Waals surface area (Å²) in [6, 6.07) is 8.87. The Morgan fingerprint density at radius 3 is 2.61 bits per heavy atom. The van der Waals surface area contributed by atoms with Crippen LogP contribution in [0.15, 0.2) is 56.7 Å². The smallest absolute Gasteiger partial charge is 0.247 e. The summed E-state index contributed by atoms with van der Waals surface area (Å²) in [5.41, 5.74) is 0. The number of fused-ring (bicyclic) bond motifs is 1. The van der Waals surface area contributed by atoms with Crippen LogP contribution in [0.25, 0.3) is 0 Å². The largest absolute Gasteiger partial charge is 0.487 e. The van der Waals surface area contributed by atoms with Gasteiger partial charge in [-0.25, -0.2) is 21.2 Å². The Morgan fingerprint density at radius 2 is 1.97 bits per heavy atom. The minimum Gasteiger partial charge on any atom is -0.487 e. The quantitative estimate of drug-likeness (QED) is 0.578. The number of hydrogen-bond donors (Lipinski definition) is 1. The van der Waals surface area contributed by atoms with Crippen molar-refractivity contribution in [1.29, 1.82) is 0 Å². The number of aliphatic hydroxyl groups excluding tert-OH is 1. The second-order valence-corrected chi connectivity index (χ2v) is 12.8. The maximum Gasteiger partial charge on any atom is 0.247 e. The van der Waals surface area contributed by atoms with Crippen molar-refractivity contribution in [2.75, 3.05) is 26.7 Å². The van der Waals surface area contributed by atoms with Gasteiger partial charge in [0.15, 0.2) is 0 Å². The van der Waals surface area contributed by atoms with Crippen LogP contribution in [0.1, 0.15) is 13.8 Å². The molecular formula is C21H26BrFN2O6S2. The van der Waals surface area contributed by atoms with Crippen LogP contribution in [0.3, 0.4) is 0 Å². The summed E-state index contributed by atoms with van der Waals surface area (Å²) < 4.78 is 75.6. The minimum absolute atomic E-state index is 0.00217. The summed E-state index contributed by atoms with van der Waals surface area (Å²) in [7, 11) is -6.82. The number of aliphatic hydroxyl groups is 1. The van der Waals surface area contributed by atoms with Gasteiger partial charge in [0.25, 0.3) is 0 Å². The maximum absolute atomic E-state index is 14.2. The number of likely N-dealkylation sites (N-methyl/N-ethyl adjacent to an activating group) is 1. The molecule has 2 aromatic carbocycles. The molecule has 0 bridgehead atoms. The predicted molar refractivity (Wildman–Crippen MR) is 124 cm³/mol. The zero-order valence-electron chi connectivity index (χ0n) is 18.4. The van der Waals surface area contributed by atoms with E-state index in [-0.39, 0.29) is 30.3 Å². The van der Waals surface area contributed by atoms with Gasteiger partial charge < -0.3 is 9.84 Å². The highest BCUT2D eigenvalue weighted by Crippen LogP contribution is 2.35. The summed E-state index contributed by atoms with van der Waals surface area (Å²) in [5, 5.41) is 9.66. The lowest BCUT2D eigenvalue weighted by Crippen LogP contribution is -2.50. The van der Waals surface area contributed by atoms with Gasteiger partial charge in [-0.1, -0.05) is 35.0 Å². The van der Waals surface area contributed by atoms with Crippen molar-refractivity contribution in [1.82, 2.24) is 8.61 Å². The summed E-state index contributed by atoms with van der Waals surface area (Å²) in [6.07, 6.45) is -0.756. The Bertz CT molecular complexity index is 1230. The molecule has 0 fully saturated rings. The molecular weight excluding hydrogens is 539 g/mol. The molecule has 1 aliphatic rings. The summed E-state index contributed by atoms with van der Waals surface area (Å²) in [6.45, 7) is 2.80. The SMILES string of the molecule is C[C@H]1CN([C@@H](C)CO)S(=O)(=O)c2ccc(Br)cc2O[C@@H]1CN(C)S(=O)(=O)c1ccccc1F. The van der Waals surface area contributed by atoms with Crippen molar-refractivity contribution in [3.8, 4) is 5.75 Å². The van der Waals surface area contributed by atoms with E-state index in [0.717, 1.165) is 10.4 Å². The van der Waals surface area contributed by atoms with Crippen LogP contribution < -0.4 is 4.74 Å². The zero-order chi connectivity index (χ0) is 24.6. The fraction of sp³-hybridized carbons (Fsp3) is 0.429. The molecule has 0 unspecified atom stereocenters. The van der Waals surface area contributed by atoms with Crippen LogP contribution in [0.2, 0.25) is 0 Å². The highest BCUT2D eigenvalue weighted by Gasteiger charge is 2.39. The first-order valence-corrected chi connectivity index (χ1v) is 13.9. The monoisotopic (exact) mass is 564 g/mol. The molecule has 0 aromatic heterocycles. The number of nitrogens with zero attached hydrogens (tertiary/aromatic N) is 2. The van der Waals surface area contributed by atoms with Gasteiger partial charge in [0.05, 0.1) is 13.2 Å². The van der Waals surface area contributed by atoms with E-state index in [1.54, 1.807) is 19.9 Å². The van der Waals surface area contributed by atoms with Crippen molar-refractivity contribution in [3.05, 3.63) is 52.8 Å². The fourth-order valence-corrected chi connectivity index (χ4v) is 7.00. The van der Waals surface area contributed by atoms with Crippen molar-refractivity contribution >= 4 is 36.0 Å². The van der Waals surface area contributed by atoms with Crippen molar-refractivity contribution in [2.45, 2.75) is 35.8 Å². The molecule has 33 heavy (non-hydrogen) atoms. The van der Waals surface area contributed by atoms with Crippen LogP contribution in [0, 0.1) is 11.7 Å². The van der Waals surface area contributed by atoms with E-state index in [1.807, 2.05) is 0 Å². The molecule has 0 saturated heterocycles. The molecule has 1 N–H and O–H groups in total. The third-order valence-corrected chi connectivity index (χ3v) is 9.96. The number of sulfonamides is 2. The molecule has 0 spiro atoms. The molecule has 1 heterocycles. The lowest BCUT2D eigenvalue weighted by Gasteiger charge is -2.37. The summed E-state index contributed by atoms with van der Waals surface area (Å²) in [4.78, 5) is -0.533. The first kappa shape index (κ1) is 26.0. The van der Waals surface area contributed by atoms with Crippen molar-refractivity contribution in [2.24, 2.45) is 5.92 Å². The second-order valence-electron chi connectivity index (χ2n) is 8.05. The Kier molecular flexibility index (Phi) is 7.86. The van der Waals surface area contributed by atoms with E-state index < -0.39 is 48.8 Å². The van der Waals surface area contributed by atoms with Gasteiger partial charge in [-0.05, 0) is 37.3 Å². The lowest BCUT2D eigenvalue weighted by atomic mass is 10.0. The molecule has 1 aliphatic heterocycles. The topological polar surface area (TPSA) is 104 Å². The van der Waals surface area contributed by atoms with Gasteiger partial charge in [0, 0.05) is 30.0 Å². The average Bonchev–Trinajstić information content (AvgIpc) is 2.75. The van der Waals surface area contributed by atoms with Gasteiger partial charge in [-0.2, -0.15) is 8.61 Å². The predicted octanol–water partition coefficient (Wildman–Crippen LogP) is 2.68. The van der Waals surface area contributed by atoms with E-state index in [9.17, 15) is 26.3 Å². The standard InChI is InChI=1S/C21H26BrFN2O6S2/c1-14-11-25(15(2)13-26)33(29,30)21-9-8-16(22)10-18(21)31-19(14)12-24(3)32(27,28)20-7-5-4-6-17(20)23/h4-10,14-15,19,26H,11-13H2,1-3H3/t14-,15-,19+/m0/s1.